The molecule has 1 aromatic heterocycles. The number of halogens is 1. The lowest BCUT2D eigenvalue weighted by Crippen LogP contribution is -2.39. The fraction of sp³-hybridized carbons (Fsp3) is 0.429. The molecule has 28 heavy (non-hydrogen) atoms. The molecule has 0 spiro atoms. The molecule has 1 N–H and O–H groups in total. The Hall–Kier alpha value is -2.85. The van der Waals surface area contributed by atoms with Crippen molar-refractivity contribution in [3.8, 4) is 12.3 Å². The van der Waals surface area contributed by atoms with E-state index in [1.165, 1.54) is 18.2 Å². The van der Waals surface area contributed by atoms with Crippen LogP contribution in [0.3, 0.4) is 0 Å². The van der Waals surface area contributed by atoms with E-state index in [1.807, 2.05) is 0 Å². The molecule has 4 rings (SSSR count). The Kier molecular flexibility index (Phi) is 5.31. The molecule has 2 aromatic rings. The minimum absolute atomic E-state index is 0.00134. The predicted molar refractivity (Wildman–Crippen MR) is 106 cm³/mol. The Morgan fingerprint density at radius 2 is 2.00 bits per heavy atom. The number of nitrogens with zero attached hydrogens (tertiary/aromatic N) is 3. The van der Waals surface area contributed by atoms with Gasteiger partial charge in [-0.1, -0.05) is 12.1 Å². The minimum Gasteiger partial charge on any atom is -0.378 e. The standard InChI is InChI=1S/C21H23FN4O2/c1-2-16-7-8-26(18(16)13-15-3-5-17(22)6-4-15)21-23-19(14-20(27)24-21)25-9-11-28-12-10-25/h1,3-6,14,16,18H,7-13H2,(H,23,24,27)/t16-,18+/m0/s1. The van der Waals surface area contributed by atoms with Gasteiger partial charge >= 0.3 is 0 Å². The molecule has 3 heterocycles. The van der Waals surface area contributed by atoms with E-state index >= 15 is 0 Å². The lowest BCUT2D eigenvalue weighted by Gasteiger charge is -2.30. The molecule has 0 amide bonds. The Bertz CT molecular complexity index is 915. The maximum absolute atomic E-state index is 13.2. The second-order valence-corrected chi connectivity index (χ2v) is 7.18. The molecule has 6 nitrogen and oxygen atoms in total. The summed E-state index contributed by atoms with van der Waals surface area (Å²) in [4.78, 5) is 24.0. The van der Waals surface area contributed by atoms with Crippen LogP contribution < -0.4 is 15.4 Å². The number of hydrogen-bond acceptors (Lipinski definition) is 5. The van der Waals surface area contributed by atoms with Gasteiger partial charge in [-0.15, -0.1) is 12.3 Å². The first-order valence-electron chi connectivity index (χ1n) is 9.55. The fourth-order valence-corrected chi connectivity index (χ4v) is 3.95. The Balaban J connectivity index is 1.62. The van der Waals surface area contributed by atoms with Crippen molar-refractivity contribution in [1.29, 1.82) is 0 Å². The van der Waals surface area contributed by atoms with Gasteiger partial charge < -0.3 is 14.5 Å². The van der Waals surface area contributed by atoms with Crippen molar-refractivity contribution in [3.05, 3.63) is 52.1 Å². The minimum atomic E-state index is -0.260. The monoisotopic (exact) mass is 382 g/mol. The Morgan fingerprint density at radius 3 is 2.71 bits per heavy atom. The average molecular weight is 382 g/mol. The SMILES string of the molecule is C#C[C@H]1CCN(c2nc(N3CCOCC3)cc(=O)[nH]2)[C@@H]1Cc1ccc(F)cc1. The van der Waals surface area contributed by atoms with Crippen molar-refractivity contribution in [1.82, 2.24) is 9.97 Å². The second-order valence-electron chi connectivity index (χ2n) is 7.18. The van der Waals surface area contributed by atoms with Crippen molar-refractivity contribution in [2.24, 2.45) is 5.92 Å². The summed E-state index contributed by atoms with van der Waals surface area (Å²) in [5.41, 5.74) is 0.821. The van der Waals surface area contributed by atoms with Gasteiger partial charge in [0.25, 0.3) is 5.56 Å². The first kappa shape index (κ1) is 18.5. The molecule has 0 bridgehead atoms. The topological polar surface area (TPSA) is 61.5 Å². The zero-order valence-corrected chi connectivity index (χ0v) is 15.6. The maximum atomic E-state index is 13.2. The number of H-pyrrole nitrogens is 1. The van der Waals surface area contributed by atoms with Crippen LogP contribution in [0.25, 0.3) is 0 Å². The van der Waals surface area contributed by atoms with Crippen LogP contribution in [0.15, 0.2) is 35.1 Å². The number of ether oxygens (including phenoxy) is 1. The molecule has 146 valence electrons. The van der Waals surface area contributed by atoms with E-state index in [1.54, 1.807) is 12.1 Å². The van der Waals surface area contributed by atoms with Crippen LogP contribution in [-0.2, 0) is 11.2 Å². The van der Waals surface area contributed by atoms with Gasteiger partial charge in [-0.3, -0.25) is 9.78 Å². The lowest BCUT2D eigenvalue weighted by atomic mass is 9.95. The third-order valence-electron chi connectivity index (χ3n) is 5.44. The summed E-state index contributed by atoms with van der Waals surface area (Å²) in [6.45, 7) is 3.39. The zero-order valence-electron chi connectivity index (χ0n) is 15.6. The molecule has 1 aromatic carbocycles. The van der Waals surface area contributed by atoms with Crippen LogP contribution in [0.5, 0.6) is 0 Å². The van der Waals surface area contributed by atoms with Gasteiger partial charge in [0, 0.05) is 37.7 Å². The highest BCUT2D eigenvalue weighted by atomic mass is 19.1. The van der Waals surface area contributed by atoms with Crippen LogP contribution >= 0.6 is 0 Å². The lowest BCUT2D eigenvalue weighted by molar-refractivity contribution is 0.122. The third kappa shape index (κ3) is 3.87. The highest BCUT2D eigenvalue weighted by Crippen LogP contribution is 2.30. The van der Waals surface area contributed by atoms with Crippen LogP contribution in [0, 0.1) is 24.1 Å². The van der Waals surface area contributed by atoms with Crippen LogP contribution in [0.2, 0.25) is 0 Å². The summed E-state index contributed by atoms with van der Waals surface area (Å²) in [5, 5.41) is 0. The van der Waals surface area contributed by atoms with E-state index in [4.69, 9.17) is 16.1 Å². The van der Waals surface area contributed by atoms with E-state index < -0.39 is 0 Å². The van der Waals surface area contributed by atoms with Gasteiger partial charge in [-0.05, 0) is 30.5 Å². The van der Waals surface area contributed by atoms with Gasteiger partial charge in [0.15, 0.2) is 0 Å². The smallest absolute Gasteiger partial charge is 0.254 e. The highest BCUT2D eigenvalue weighted by Gasteiger charge is 2.35. The van der Waals surface area contributed by atoms with Crippen LogP contribution in [-0.4, -0.2) is 48.9 Å². The van der Waals surface area contributed by atoms with E-state index in [2.05, 4.69) is 20.7 Å². The number of anilines is 2. The average Bonchev–Trinajstić information content (AvgIpc) is 3.12. The molecule has 0 saturated carbocycles. The molecule has 7 heteroatoms. The quantitative estimate of drug-likeness (QED) is 0.818. The number of rotatable bonds is 4. The van der Waals surface area contributed by atoms with E-state index in [9.17, 15) is 9.18 Å². The number of terminal acetylenes is 1. The molecule has 2 atom stereocenters. The zero-order chi connectivity index (χ0) is 19.5. The van der Waals surface area contributed by atoms with Crippen molar-refractivity contribution < 1.29 is 9.13 Å². The molecule has 0 aliphatic carbocycles. The number of morpholine rings is 1. The first-order valence-corrected chi connectivity index (χ1v) is 9.55. The first-order chi connectivity index (χ1) is 13.6. The number of nitrogens with one attached hydrogen (secondary N) is 1. The highest BCUT2D eigenvalue weighted by molar-refractivity contribution is 5.46. The van der Waals surface area contributed by atoms with Crippen molar-refractivity contribution in [2.45, 2.75) is 18.9 Å². The van der Waals surface area contributed by atoms with Crippen molar-refractivity contribution >= 4 is 11.8 Å². The number of hydrogen-bond donors (Lipinski definition) is 1. The number of benzene rings is 1. The van der Waals surface area contributed by atoms with Gasteiger partial charge in [-0.25, -0.2) is 4.39 Å². The molecular formula is C21H23FN4O2. The van der Waals surface area contributed by atoms with Crippen molar-refractivity contribution in [2.75, 3.05) is 42.6 Å². The second kappa shape index (κ2) is 8.03. The van der Waals surface area contributed by atoms with E-state index in [0.29, 0.717) is 44.5 Å². The van der Waals surface area contributed by atoms with Gasteiger partial charge in [0.2, 0.25) is 5.95 Å². The van der Waals surface area contributed by atoms with Crippen LogP contribution in [0.1, 0.15) is 12.0 Å². The largest absolute Gasteiger partial charge is 0.378 e. The fourth-order valence-electron chi connectivity index (χ4n) is 3.95. The van der Waals surface area contributed by atoms with Crippen LogP contribution in [0.4, 0.5) is 16.2 Å². The molecule has 0 unspecified atom stereocenters. The van der Waals surface area contributed by atoms with Gasteiger partial charge in [-0.2, -0.15) is 4.98 Å². The summed E-state index contributed by atoms with van der Waals surface area (Å²) >= 11 is 0. The number of aromatic nitrogens is 2. The Morgan fingerprint density at radius 1 is 1.25 bits per heavy atom. The summed E-state index contributed by atoms with van der Waals surface area (Å²) in [6.07, 6.45) is 7.26. The summed E-state index contributed by atoms with van der Waals surface area (Å²) in [7, 11) is 0. The predicted octanol–water partition coefficient (Wildman–Crippen LogP) is 1.82. The molecule has 2 fully saturated rings. The Labute approximate surface area is 163 Å². The molecule has 2 saturated heterocycles. The molecule has 2 aliphatic rings. The molecule has 2 aliphatic heterocycles. The molecule has 0 radical (unpaired) electrons. The maximum Gasteiger partial charge on any atom is 0.254 e. The summed E-state index contributed by atoms with van der Waals surface area (Å²) in [5.74, 6) is 3.86. The van der Waals surface area contributed by atoms with Crippen molar-refractivity contribution in [3.63, 3.8) is 0 Å². The van der Waals surface area contributed by atoms with Gasteiger partial charge in [0.1, 0.15) is 11.6 Å². The summed E-state index contributed by atoms with van der Waals surface area (Å²) < 4.78 is 18.6. The third-order valence-corrected chi connectivity index (χ3v) is 5.44. The molecular weight excluding hydrogens is 359 g/mol. The number of aromatic amines is 1. The van der Waals surface area contributed by atoms with Gasteiger partial charge in [0.05, 0.1) is 13.2 Å². The summed E-state index contributed by atoms with van der Waals surface area (Å²) in [6, 6.07) is 7.99. The normalized spacial score (nSPS) is 22.3. The van der Waals surface area contributed by atoms with E-state index in [-0.39, 0.29) is 23.3 Å². The van der Waals surface area contributed by atoms with E-state index in [0.717, 1.165) is 18.5 Å².